The molecule has 2 bridgehead atoms. The molecule has 3 saturated carbocycles. The second-order valence-corrected chi connectivity index (χ2v) is 11.8. The Balaban J connectivity index is 1.50. The second kappa shape index (κ2) is 9.65. The molecular formula is C24H36N2O5S. The van der Waals surface area contributed by atoms with Crippen molar-refractivity contribution in [2.75, 3.05) is 6.61 Å². The molecule has 1 aromatic heterocycles. The molecule has 32 heavy (non-hydrogen) atoms. The number of nitrogens with one attached hydrogen (secondary N) is 1. The predicted octanol–water partition coefficient (Wildman–Crippen LogP) is 5.14. The Hall–Kier alpha value is -1.70. The first-order valence-electron chi connectivity index (χ1n) is 12.1. The summed E-state index contributed by atoms with van der Waals surface area (Å²) < 4.78 is 11.3. The van der Waals surface area contributed by atoms with Crippen LogP contribution in [0.3, 0.4) is 0 Å². The van der Waals surface area contributed by atoms with Crippen molar-refractivity contribution >= 4 is 23.6 Å². The predicted molar refractivity (Wildman–Crippen MR) is 122 cm³/mol. The first-order chi connectivity index (χ1) is 15.3. The Labute approximate surface area is 194 Å². The summed E-state index contributed by atoms with van der Waals surface area (Å²) in [5.41, 5.74) is -1.06. The maximum absolute atomic E-state index is 13.3. The van der Waals surface area contributed by atoms with E-state index >= 15 is 0 Å². The molecule has 0 saturated heterocycles. The van der Waals surface area contributed by atoms with Crippen LogP contribution in [0, 0.1) is 23.2 Å². The van der Waals surface area contributed by atoms with Crippen molar-refractivity contribution in [3.63, 3.8) is 0 Å². The Morgan fingerprint density at radius 2 is 1.84 bits per heavy atom. The Kier molecular flexibility index (Phi) is 7.08. The number of nitrogens with zero attached hydrogens (tertiary/aromatic N) is 1. The van der Waals surface area contributed by atoms with Gasteiger partial charge in [-0.05, 0) is 75.3 Å². The fourth-order valence-electron chi connectivity index (χ4n) is 5.23. The van der Waals surface area contributed by atoms with E-state index in [1.165, 1.54) is 44.9 Å². The monoisotopic (exact) mass is 464 g/mol. The van der Waals surface area contributed by atoms with Crippen LogP contribution >= 0.6 is 11.8 Å². The van der Waals surface area contributed by atoms with E-state index in [0.717, 1.165) is 18.8 Å². The van der Waals surface area contributed by atoms with Crippen LogP contribution < -0.4 is 10.1 Å². The third-order valence-corrected chi connectivity index (χ3v) is 9.03. The van der Waals surface area contributed by atoms with E-state index in [1.807, 2.05) is 0 Å². The van der Waals surface area contributed by atoms with Gasteiger partial charge in [-0.1, -0.05) is 26.2 Å². The number of thioether (sulfide) groups is 1. The topological polar surface area (TPSA) is 102 Å². The summed E-state index contributed by atoms with van der Waals surface area (Å²) in [4.78, 5) is 25.4. The number of fused-ring (bicyclic) bond motifs is 2. The molecule has 0 aliphatic heterocycles. The Morgan fingerprint density at radius 3 is 2.41 bits per heavy atom. The maximum Gasteiger partial charge on any atom is 0.312 e. The van der Waals surface area contributed by atoms with Crippen molar-refractivity contribution in [1.29, 1.82) is 0 Å². The van der Waals surface area contributed by atoms with Gasteiger partial charge < -0.3 is 19.7 Å². The Bertz CT molecular complexity index is 820. The van der Waals surface area contributed by atoms with E-state index in [1.54, 1.807) is 25.6 Å². The number of carbonyl (C=O) groups excluding carboxylic acids is 1. The first kappa shape index (κ1) is 23.5. The lowest BCUT2D eigenvalue weighted by atomic mass is 9.64. The third kappa shape index (κ3) is 4.95. The minimum Gasteiger partial charge on any atom is -0.481 e. The highest BCUT2D eigenvalue weighted by Crippen LogP contribution is 2.45. The summed E-state index contributed by atoms with van der Waals surface area (Å²) in [6.07, 6.45) is 10.5. The minimum atomic E-state index is -1.06. The minimum absolute atomic E-state index is 0.0423. The zero-order valence-electron chi connectivity index (χ0n) is 19.4. The number of carbonyl (C=O) groups is 2. The van der Waals surface area contributed by atoms with E-state index in [0.29, 0.717) is 22.0 Å². The highest BCUT2D eigenvalue weighted by molar-refractivity contribution is 8.00. The zero-order valence-corrected chi connectivity index (χ0v) is 20.2. The molecule has 1 aromatic rings. The first-order valence-corrected chi connectivity index (χ1v) is 13.0. The van der Waals surface area contributed by atoms with Gasteiger partial charge in [-0.15, -0.1) is 11.8 Å². The summed E-state index contributed by atoms with van der Waals surface area (Å²) in [5.74, 6) is 1.12. The van der Waals surface area contributed by atoms with Crippen molar-refractivity contribution in [2.45, 2.75) is 94.7 Å². The lowest BCUT2D eigenvalue weighted by Crippen LogP contribution is -2.51. The van der Waals surface area contributed by atoms with Crippen LogP contribution in [0.4, 0.5) is 0 Å². The molecule has 1 amide bonds. The zero-order chi connectivity index (χ0) is 22.9. The van der Waals surface area contributed by atoms with Crippen LogP contribution in [0.25, 0.3) is 0 Å². The van der Waals surface area contributed by atoms with Crippen molar-refractivity contribution in [2.24, 2.45) is 23.2 Å². The van der Waals surface area contributed by atoms with E-state index in [-0.39, 0.29) is 30.2 Å². The molecule has 4 rings (SSSR count). The molecule has 0 radical (unpaired) electrons. The molecule has 2 N–H and O–H groups in total. The van der Waals surface area contributed by atoms with Gasteiger partial charge in [-0.2, -0.15) is 0 Å². The van der Waals surface area contributed by atoms with Crippen molar-refractivity contribution < 1.29 is 24.0 Å². The number of carboxylic acids is 1. The number of aliphatic carboxylic acids is 1. The van der Waals surface area contributed by atoms with Gasteiger partial charge >= 0.3 is 5.97 Å². The molecule has 3 aliphatic carbocycles. The van der Waals surface area contributed by atoms with Gasteiger partial charge in [0, 0.05) is 11.3 Å². The van der Waals surface area contributed by atoms with Gasteiger partial charge in [0.05, 0.1) is 5.41 Å². The van der Waals surface area contributed by atoms with Gasteiger partial charge in [-0.3, -0.25) is 9.59 Å². The van der Waals surface area contributed by atoms with E-state index < -0.39 is 11.4 Å². The number of ether oxygens (including phenoxy) is 1. The number of carboxylic acid groups (broad SMARTS) is 1. The average molecular weight is 465 g/mol. The summed E-state index contributed by atoms with van der Waals surface area (Å²) in [6.45, 7) is 5.44. The number of rotatable bonds is 9. The largest absolute Gasteiger partial charge is 0.481 e. The lowest BCUT2D eigenvalue weighted by Gasteiger charge is -2.46. The van der Waals surface area contributed by atoms with Crippen molar-refractivity contribution in [3.05, 3.63) is 5.76 Å². The molecule has 2 unspecified atom stereocenters. The quantitative estimate of drug-likeness (QED) is 0.521. The standard InChI is InChI=1S/C24H36N2O5S/c1-4-14-11-15-7-5-8-16(12-14)18(15)25-21(27)19-20(32-17-9-6-10-17)22(26-31-19)30-13-24(2,3)23(28)29/h14-18H,4-13H2,1-3H3,(H,25,27)(H,28,29). The number of hydrogen-bond donors (Lipinski definition) is 2. The molecule has 178 valence electrons. The third-order valence-electron chi connectivity index (χ3n) is 7.62. The van der Waals surface area contributed by atoms with Gasteiger partial charge in [0.15, 0.2) is 0 Å². The van der Waals surface area contributed by atoms with Gasteiger partial charge in [-0.25, -0.2) is 0 Å². The SMILES string of the molecule is CCC1CC2CCCC(C1)C2NC(=O)c1onc(OCC(C)(C)C(=O)O)c1SC1CCC1. The summed E-state index contributed by atoms with van der Waals surface area (Å²) in [5, 5.41) is 17.1. The van der Waals surface area contributed by atoms with E-state index in [4.69, 9.17) is 9.26 Å². The lowest BCUT2D eigenvalue weighted by molar-refractivity contribution is -0.148. The number of aromatic nitrogens is 1. The number of amides is 1. The van der Waals surface area contributed by atoms with Crippen LogP contribution in [0.15, 0.2) is 9.42 Å². The normalized spacial score (nSPS) is 28.1. The molecule has 0 spiro atoms. The summed E-state index contributed by atoms with van der Waals surface area (Å²) in [6, 6.07) is 0.195. The Morgan fingerprint density at radius 1 is 1.19 bits per heavy atom. The fraction of sp³-hybridized carbons (Fsp3) is 0.792. The maximum atomic E-state index is 13.3. The van der Waals surface area contributed by atoms with Crippen LogP contribution in [-0.2, 0) is 4.79 Å². The van der Waals surface area contributed by atoms with Crippen molar-refractivity contribution in [1.82, 2.24) is 10.5 Å². The molecule has 8 heteroatoms. The molecule has 2 atom stereocenters. The highest BCUT2D eigenvalue weighted by atomic mass is 32.2. The summed E-state index contributed by atoms with van der Waals surface area (Å²) in [7, 11) is 0. The van der Waals surface area contributed by atoms with Gasteiger partial charge in [0.25, 0.3) is 11.8 Å². The van der Waals surface area contributed by atoms with Crippen molar-refractivity contribution in [3.8, 4) is 5.88 Å². The number of hydrogen-bond acceptors (Lipinski definition) is 6. The van der Waals surface area contributed by atoms with Crippen LogP contribution in [0.5, 0.6) is 5.88 Å². The second-order valence-electron chi connectivity index (χ2n) is 10.5. The van der Waals surface area contributed by atoms with E-state index in [2.05, 4.69) is 17.4 Å². The molecule has 0 aromatic carbocycles. The van der Waals surface area contributed by atoms with Crippen LogP contribution in [0.1, 0.15) is 89.1 Å². The molecule has 3 aliphatic rings. The molecule has 7 nitrogen and oxygen atoms in total. The van der Waals surface area contributed by atoms with Gasteiger partial charge in [0.1, 0.15) is 11.5 Å². The fourth-order valence-corrected chi connectivity index (χ4v) is 6.56. The molecule has 1 heterocycles. The average Bonchev–Trinajstić information content (AvgIpc) is 3.11. The highest BCUT2D eigenvalue weighted by Gasteiger charge is 2.41. The summed E-state index contributed by atoms with van der Waals surface area (Å²) >= 11 is 1.58. The molecular weight excluding hydrogens is 428 g/mol. The van der Waals surface area contributed by atoms with E-state index in [9.17, 15) is 14.7 Å². The van der Waals surface area contributed by atoms with Crippen LogP contribution in [-0.4, -0.2) is 40.0 Å². The molecule has 3 fully saturated rings. The smallest absolute Gasteiger partial charge is 0.312 e. The van der Waals surface area contributed by atoms with Crippen LogP contribution in [0.2, 0.25) is 0 Å². The van der Waals surface area contributed by atoms with Gasteiger partial charge in [0.2, 0.25) is 5.76 Å².